The second-order valence-corrected chi connectivity index (χ2v) is 22.7. The van der Waals surface area contributed by atoms with Crippen molar-refractivity contribution in [1.82, 2.24) is 0 Å². The van der Waals surface area contributed by atoms with Crippen LogP contribution < -0.4 is 0 Å². The number of rotatable bonds is 62. The fourth-order valence-corrected chi connectivity index (χ4v) is 9.70. The van der Waals surface area contributed by atoms with Crippen LogP contribution in [0.2, 0.25) is 0 Å². The van der Waals surface area contributed by atoms with Gasteiger partial charge in [0.2, 0.25) is 0 Å². The molecule has 0 heterocycles. The van der Waals surface area contributed by atoms with Crippen LogP contribution in [0.4, 0.5) is 0 Å². The second kappa shape index (κ2) is 67.8. The molecule has 0 aliphatic heterocycles. The predicted octanol–water partition coefficient (Wildman–Crippen LogP) is 23.6. The molecule has 0 rings (SSSR count). The minimum absolute atomic E-state index is 0.108. The Bertz CT molecular complexity index is 1560. The molecule has 0 saturated carbocycles. The van der Waals surface area contributed by atoms with Gasteiger partial charge in [-0.05, 0) is 103 Å². The van der Waals surface area contributed by atoms with Crippen LogP contribution in [0.1, 0.15) is 335 Å². The molecule has 0 aromatic carbocycles. The van der Waals surface area contributed by atoms with Gasteiger partial charge >= 0.3 is 17.9 Å². The summed E-state index contributed by atoms with van der Waals surface area (Å²) >= 11 is 0. The summed E-state index contributed by atoms with van der Waals surface area (Å²) in [6.45, 7) is 6.42. The van der Waals surface area contributed by atoms with Crippen LogP contribution >= 0.6 is 0 Å². The van der Waals surface area contributed by atoms with Crippen molar-refractivity contribution >= 4 is 17.9 Å². The first-order chi connectivity index (χ1) is 39.5. The zero-order valence-corrected chi connectivity index (χ0v) is 52.8. The average molecular weight is 1110 g/mol. The molecule has 460 valence electrons. The van der Waals surface area contributed by atoms with E-state index in [1.807, 2.05) is 6.08 Å². The summed E-state index contributed by atoms with van der Waals surface area (Å²) in [6.07, 6.45) is 91.9. The van der Waals surface area contributed by atoms with E-state index in [1.165, 1.54) is 193 Å². The molecule has 0 fully saturated rings. The lowest BCUT2D eigenvalue weighted by atomic mass is 10.0. The van der Waals surface area contributed by atoms with E-state index < -0.39 is 12.1 Å². The van der Waals surface area contributed by atoms with Crippen LogP contribution in [-0.2, 0) is 28.6 Å². The van der Waals surface area contributed by atoms with Crippen molar-refractivity contribution in [3.8, 4) is 0 Å². The highest BCUT2D eigenvalue weighted by molar-refractivity contribution is 5.71. The predicted molar refractivity (Wildman–Crippen MR) is 348 cm³/mol. The molecule has 0 aliphatic carbocycles. The van der Waals surface area contributed by atoms with Gasteiger partial charge in [-0.1, -0.05) is 311 Å². The van der Waals surface area contributed by atoms with Gasteiger partial charge in [-0.2, -0.15) is 0 Å². The normalized spacial score (nSPS) is 12.7. The lowest BCUT2D eigenvalue weighted by Gasteiger charge is -2.18. The molecular weight excluding hydrogens is 985 g/mol. The van der Waals surface area contributed by atoms with Crippen LogP contribution in [0.25, 0.3) is 0 Å². The Morgan fingerprint density at radius 2 is 0.537 bits per heavy atom. The van der Waals surface area contributed by atoms with Gasteiger partial charge in [-0.25, -0.2) is 0 Å². The van der Waals surface area contributed by atoms with E-state index in [4.69, 9.17) is 14.2 Å². The number of carbonyl (C=O) groups excluding carboxylic acids is 3. The van der Waals surface area contributed by atoms with Crippen molar-refractivity contribution in [2.45, 2.75) is 341 Å². The number of hydrogen-bond donors (Lipinski definition) is 0. The molecule has 0 aromatic rings. The lowest BCUT2D eigenvalue weighted by molar-refractivity contribution is -0.166. The van der Waals surface area contributed by atoms with Gasteiger partial charge in [-0.15, -0.1) is 0 Å². The standard InChI is InChI=1S/C74H128O6/c1-4-7-10-13-16-19-22-24-26-28-30-31-32-33-34-35-36-37-38-39-40-41-42-43-45-46-48-50-52-55-58-61-64-67-73(76)79-70-71(69-78-72(75)66-63-60-57-54-21-18-15-12-9-6-3)80-74(77)68-65-62-59-56-53-51-49-47-44-29-27-25-23-20-17-14-11-8-5-2/h8,11-12,15,17,20,25,27-28,30,44,47,51,53,59,62,71H,4-7,9-10,13-14,16,18-19,21-24,26,29,31-43,45-46,48-50,52,54-58,60-61,63-70H2,1-3H3/b11-8-,15-12-,20-17-,27-25-,30-28-,47-44-,53-51-,62-59-. The van der Waals surface area contributed by atoms with Crippen molar-refractivity contribution < 1.29 is 28.6 Å². The van der Waals surface area contributed by atoms with E-state index >= 15 is 0 Å². The Hall–Kier alpha value is -3.67. The molecule has 0 spiro atoms. The van der Waals surface area contributed by atoms with Crippen LogP contribution in [-0.4, -0.2) is 37.2 Å². The minimum atomic E-state index is -0.821. The molecule has 1 unspecified atom stereocenters. The summed E-state index contributed by atoms with van der Waals surface area (Å²) in [7, 11) is 0. The molecule has 1 atom stereocenters. The number of carbonyl (C=O) groups is 3. The SMILES string of the molecule is CC/C=C\C/C=C\C/C=C\C/C=C\C/C=C\C/C=C\CCC(=O)OC(COC(=O)CCCCCCC/C=C\CCC)COC(=O)CCCCCCCCCCCCCCCCCCCCCCC/C=C\CCCCCCCCCC. The van der Waals surface area contributed by atoms with E-state index in [2.05, 4.69) is 112 Å². The summed E-state index contributed by atoms with van der Waals surface area (Å²) in [5, 5.41) is 0. The first kappa shape index (κ1) is 76.3. The Labute approximate surface area is 496 Å². The fourth-order valence-electron chi connectivity index (χ4n) is 9.70. The summed E-state index contributed by atoms with van der Waals surface area (Å²) in [6, 6.07) is 0. The molecular formula is C74H128O6. The third-order valence-corrected chi connectivity index (χ3v) is 14.8. The highest BCUT2D eigenvalue weighted by atomic mass is 16.6. The monoisotopic (exact) mass is 1110 g/mol. The Balaban J connectivity index is 4.16. The van der Waals surface area contributed by atoms with Crippen LogP contribution in [0.15, 0.2) is 97.2 Å². The van der Waals surface area contributed by atoms with E-state index in [0.717, 1.165) is 96.3 Å². The van der Waals surface area contributed by atoms with E-state index in [0.29, 0.717) is 19.3 Å². The van der Waals surface area contributed by atoms with E-state index in [-0.39, 0.29) is 31.6 Å². The Morgan fingerprint density at radius 1 is 0.263 bits per heavy atom. The van der Waals surface area contributed by atoms with Crippen LogP contribution in [0.3, 0.4) is 0 Å². The van der Waals surface area contributed by atoms with E-state index in [1.54, 1.807) is 0 Å². The van der Waals surface area contributed by atoms with Gasteiger partial charge in [0.1, 0.15) is 13.2 Å². The van der Waals surface area contributed by atoms with Gasteiger partial charge in [-0.3, -0.25) is 14.4 Å². The van der Waals surface area contributed by atoms with Crippen LogP contribution in [0, 0.1) is 0 Å². The van der Waals surface area contributed by atoms with Gasteiger partial charge in [0, 0.05) is 19.3 Å². The Morgan fingerprint density at radius 3 is 0.863 bits per heavy atom. The van der Waals surface area contributed by atoms with Crippen molar-refractivity contribution in [3.63, 3.8) is 0 Å². The first-order valence-corrected chi connectivity index (χ1v) is 34.2. The molecule has 0 aliphatic rings. The highest BCUT2D eigenvalue weighted by Crippen LogP contribution is 2.17. The quantitative estimate of drug-likeness (QED) is 0.0261. The number of unbranched alkanes of at least 4 members (excludes halogenated alkanes) is 35. The third kappa shape index (κ3) is 65.1. The van der Waals surface area contributed by atoms with Gasteiger partial charge in [0.15, 0.2) is 6.10 Å². The molecule has 0 bridgehead atoms. The molecule has 0 aromatic heterocycles. The maximum Gasteiger partial charge on any atom is 0.306 e. The largest absolute Gasteiger partial charge is 0.462 e. The number of allylic oxidation sites excluding steroid dienone is 16. The number of ether oxygens (including phenoxy) is 3. The fraction of sp³-hybridized carbons (Fsp3) is 0.743. The minimum Gasteiger partial charge on any atom is -0.462 e. The summed E-state index contributed by atoms with van der Waals surface area (Å²) in [4.78, 5) is 38.2. The summed E-state index contributed by atoms with van der Waals surface area (Å²) in [5.74, 6) is -0.995. The number of esters is 3. The van der Waals surface area contributed by atoms with Crippen molar-refractivity contribution in [2.24, 2.45) is 0 Å². The molecule has 0 radical (unpaired) electrons. The van der Waals surface area contributed by atoms with Gasteiger partial charge < -0.3 is 14.2 Å². The molecule has 0 N–H and O–H groups in total. The molecule has 0 amide bonds. The molecule has 80 heavy (non-hydrogen) atoms. The molecule has 6 nitrogen and oxygen atoms in total. The van der Waals surface area contributed by atoms with Crippen LogP contribution in [0.5, 0.6) is 0 Å². The highest BCUT2D eigenvalue weighted by Gasteiger charge is 2.19. The number of hydrogen-bond acceptors (Lipinski definition) is 6. The topological polar surface area (TPSA) is 78.9 Å². The summed E-state index contributed by atoms with van der Waals surface area (Å²) < 4.78 is 16.8. The van der Waals surface area contributed by atoms with Crippen molar-refractivity contribution in [1.29, 1.82) is 0 Å². The lowest BCUT2D eigenvalue weighted by Crippen LogP contribution is -2.30. The zero-order valence-electron chi connectivity index (χ0n) is 52.8. The smallest absolute Gasteiger partial charge is 0.306 e. The molecule has 6 heteroatoms. The van der Waals surface area contributed by atoms with Crippen molar-refractivity contribution in [2.75, 3.05) is 13.2 Å². The van der Waals surface area contributed by atoms with Gasteiger partial charge in [0.05, 0.1) is 0 Å². The average Bonchev–Trinajstić information content (AvgIpc) is 3.46. The third-order valence-electron chi connectivity index (χ3n) is 14.8. The maximum absolute atomic E-state index is 12.8. The molecule has 0 saturated heterocycles. The first-order valence-electron chi connectivity index (χ1n) is 34.2. The van der Waals surface area contributed by atoms with Gasteiger partial charge in [0.25, 0.3) is 0 Å². The second-order valence-electron chi connectivity index (χ2n) is 22.7. The Kier molecular flexibility index (Phi) is 64.7. The maximum atomic E-state index is 12.8. The summed E-state index contributed by atoms with van der Waals surface area (Å²) in [5.41, 5.74) is 0. The zero-order chi connectivity index (χ0) is 57.8. The van der Waals surface area contributed by atoms with E-state index in [9.17, 15) is 14.4 Å². The van der Waals surface area contributed by atoms with Crippen molar-refractivity contribution in [3.05, 3.63) is 97.2 Å².